The third kappa shape index (κ3) is 3.45. The fourth-order valence-corrected chi connectivity index (χ4v) is 4.61. The molecule has 3 N–H and O–H groups in total. The molecular formula is C15H15ClN6O2S2. The number of H-pyrrole nitrogens is 1. The molecule has 8 nitrogen and oxygen atoms in total. The zero-order valence-electron chi connectivity index (χ0n) is 13.7. The summed E-state index contributed by atoms with van der Waals surface area (Å²) in [5, 5.41) is 10.7. The molecule has 1 aliphatic carbocycles. The summed E-state index contributed by atoms with van der Waals surface area (Å²) < 4.78 is 26.3. The van der Waals surface area contributed by atoms with E-state index < -0.39 is 10.0 Å². The van der Waals surface area contributed by atoms with Crippen molar-refractivity contribution >= 4 is 44.6 Å². The van der Waals surface area contributed by atoms with Crippen LogP contribution in [0.5, 0.6) is 0 Å². The largest absolute Gasteiger partial charge is 0.322 e. The summed E-state index contributed by atoms with van der Waals surface area (Å²) >= 11 is 7.27. The molecule has 0 radical (unpaired) electrons. The maximum absolute atomic E-state index is 11.9. The summed E-state index contributed by atoms with van der Waals surface area (Å²) in [6.07, 6.45) is 3.83. The van der Waals surface area contributed by atoms with Crippen LogP contribution >= 0.6 is 22.9 Å². The quantitative estimate of drug-likeness (QED) is 0.575. The first kappa shape index (κ1) is 17.4. The fraction of sp³-hybridized carbons (Fsp3) is 0.267. The molecule has 3 aromatic rings. The molecule has 136 valence electrons. The molecule has 0 bridgehead atoms. The number of aromatic nitrogens is 4. The predicted molar refractivity (Wildman–Crippen MR) is 100 cm³/mol. The van der Waals surface area contributed by atoms with E-state index in [0.717, 1.165) is 17.0 Å². The van der Waals surface area contributed by atoms with Crippen LogP contribution in [0, 0.1) is 0 Å². The maximum Gasteiger partial charge on any atom is 0.249 e. The minimum Gasteiger partial charge on any atom is -0.322 e. The van der Waals surface area contributed by atoms with Gasteiger partial charge in [0.1, 0.15) is 9.23 Å². The van der Waals surface area contributed by atoms with E-state index in [1.807, 2.05) is 6.07 Å². The molecule has 1 aliphatic rings. The first-order valence-electron chi connectivity index (χ1n) is 7.85. The third-order valence-electron chi connectivity index (χ3n) is 3.94. The molecular weight excluding hydrogens is 396 g/mol. The van der Waals surface area contributed by atoms with Gasteiger partial charge in [0, 0.05) is 17.7 Å². The normalized spacial score (nSPS) is 14.5. The van der Waals surface area contributed by atoms with E-state index in [-0.39, 0.29) is 4.21 Å². The molecule has 0 aromatic carbocycles. The van der Waals surface area contributed by atoms with Crippen LogP contribution in [0.3, 0.4) is 0 Å². The molecule has 1 fully saturated rings. The lowest BCUT2D eigenvalue weighted by Crippen LogP contribution is -2.17. The number of nitrogens with one attached hydrogen (secondary N) is 3. The van der Waals surface area contributed by atoms with E-state index in [2.05, 4.69) is 30.2 Å². The van der Waals surface area contributed by atoms with E-state index in [1.165, 1.54) is 32.2 Å². The molecule has 26 heavy (non-hydrogen) atoms. The van der Waals surface area contributed by atoms with Crippen LogP contribution in [0.2, 0.25) is 5.02 Å². The second-order valence-corrected chi connectivity index (χ2v) is 9.43. The lowest BCUT2D eigenvalue weighted by molar-refractivity contribution is 0.590. The summed E-state index contributed by atoms with van der Waals surface area (Å²) in [7, 11) is -2.12. The number of halogens is 1. The molecule has 0 unspecified atom stereocenters. The van der Waals surface area contributed by atoms with Gasteiger partial charge in [0.05, 0.1) is 11.1 Å². The highest BCUT2D eigenvalue weighted by Gasteiger charge is 2.25. The third-order valence-corrected chi connectivity index (χ3v) is 7.20. The van der Waals surface area contributed by atoms with Crippen molar-refractivity contribution in [3.8, 4) is 10.7 Å². The van der Waals surface area contributed by atoms with E-state index >= 15 is 0 Å². The van der Waals surface area contributed by atoms with Crippen molar-refractivity contribution in [2.24, 2.45) is 0 Å². The van der Waals surface area contributed by atoms with Gasteiger partial charge in [-0.2, -0.15) is 5.10 Å². The number of rotatable bonds is 6. The second-order valence-electron chi connectivity index (χ2n) is 5.82. The van der Waals surface area contributed by atoms with Gasteiger partial charge in [-0.25, -0.2) is 23.1 Å². The molecule has 0 spiro atoms. The molecule has 1 saturated carbocycles. The number of aromatic amines is 1. The minimum absolute atomic E-state index is 0.199. The van der Waals surface area contributed by atoms with Crippen molar-refractivity contribution < 1.29 is 8.42 Å². The van der Waals surface area contributed by atoms with Crippen molar-refractivity contribution in [3.63, 3.8) is 0 Å². The summed E-state index contributed by atoms with van der Waals surface area (Å²) in [5.41, 5.74) is 1.10. The summed E-state index contributed by atoms with van der Waals surface area (Å²) in [6, 6.07) is 5.13. The lowest BCUT2D eigenvalue weighted by atomic mass is 10.3. The van der Waals surface area contributed by atoms with Gasteiger partial charge in [-0.1, -0.05) is 11.6 Å². The fourth-order valence-electron chi connectivity index (χ4n) is 2.38. The molecule has 11 heteroatoms. The van der Waals surface area contributed by atoms with Gasteiger partial charge in [-0.15, -0.1) is 11.3 Å². The Labute approximate surface area is 159 Å². The first-order valence-corrected chi connectivity index (χ1v) is 10.5. The Bertz CT molecular complexity index is 1060. The summed E-state index contributed by atoms with van der Waals surface area (Å²) in [4.78, 5) is 9.24. The number of nitrogens with zero attached hydrogens (tertiary/aromatic N) is 3. The van der Waals surface area contributed by atoms with Crippen molar-refractivity contribution in [1.82, 2.24) is 24.9 Å². The van der Waals surface area contributed by atoms with Gasteiger partial charge in [-0.3, -0.25) is 5.10 Å². The van der Waals surface area contributed by atoms with Gasteiger partial charge >= 0.3 is 0 Å². The predicted octanol–water partition coefficient (Wildman–Crippen LogP) is 3.11. The van der Waals surface area contributed by atoms with E-state index in [4.69, 9.17) is 11.6 Å². The average molecular weight is 411 g/mol. The molecule has 0 aliphatic heterocycles. The highest BCUT2D eigenvalue weighted by molar-refractivity contribution is 7.91. The highest BCUT2D eigenvalue weighted by Crippen LogP contribution is 2.40. The lowest BCUT2D eigenvalue weighted by Gasteiger charge is -2.05. The van der Waals surface area contributed by atoms with E-state index in [1.54, 1.807) is 6.07 Å². The molecule has 3 heterocycles. The molecule has 0 saturated heterocycles. The van der Waals surface area contributed by atoms with Crippen molar-refractivity contribution in [2.75, 3.05) is 12.4 Å². The Hall–Kier alpha value is -2.01. The Kier molecular flexibility index (Phi) is 4.43. The highest BCUT2D eigenvalue weighted by atomic mass is 35.5. The van der Waals surface area contributed by atoms with Crippen molar-refractivity contribution in [1.29, 1.82) is 0 Å². The zero-order chi connectivity index (χ0) is 18.3. The van der Waals surface area contributed by atoms with Crippen LogP contribution in [0.25, 0.3) is 10.7 Å². The van der Waals surface area contributed by atoms with Gasteiger partial charge < -0.3 is 5.32 Å². The number of thiophene rings is 1. The van der Waals surface area contributed by atoms with E-state index in [0.29, 0.717) is 33.3 Å². The number of anilines is 2. The van der Waals surface area contributed by atoms with Gasteiger partial charge in [0.25, 0.3) is 0 Å². The van der Waals surface area contributed by atoms with Crippen LogP contribution in [0.1, 0.15) is 24.5 Å². The Morgan fingerprint density at radius 1 is 1.35 bits per heavy atom. The first-order chi connectivity index (χ1) is 12.5. The summed E-state index contributed by atoms with van der Waals surface area (Å²) in [6.45, 7) is 0. The van der Waals surface area contributed by atoms with E-state index in [9.17, 15) is 8.42 Å². The maximum atomic E-state index is 11.9. The van der Waals surface area contributed by atoms with Crippen molar-refractivity contribution in [2.45, 2.75) is 23.0 Å². The number of hydrogen-bond acceptors (Lipinski definition) is 7. The van der Waals surface area contributed by atoms with Gasteiger partial charge in [0.15, 0.2) is 17.5 Å². The van der Waals surface area contributed by atoms with Gasteiger partial charge in [-0.05, 0) is 32.0 Å². The van der Waals surface area contributed by atoms with Crippen LogP contribution in [0.4, 0.5) is 11.6 Å². The smallest absolute Gasteiger partial charge is 0.249 e. The minimum atomic E-state index is -3.49. The van der Waals surface area contributed by atoms with Crippen molar-refractivity contribution in [3.05, 3.63) is 35.1 Å². The number of sulfonamides is 1. The summed E-state index contributed by atoms with van der Waals surface area (Å²) in [5.74, 6) is 1.99. The second kappa shape index (κ2) is 6.62. The Morgan fingerprint density at radius 2 is 2.15 bits per heavy atom. The van der Waals surface area contributed by atoms with Crippen LogP contribution < -0.4 is 10.0 Å². The molecule has 0 amide bonds. The topological polar surface area (TPSA) is 113 Å². The Morgan fingerprint density at radius 3 is 2.88 bits per heavy atom. The van der Waals surface area contributed by atoms with Crippen LogP contribution in [0.15, 0.2) is 28.6 Å². The average Bonchev–Trinajstić information content (AvgIpc) is 3.16. The molecule has 0 atom stereocenters. The zero-order valence-corrected chi connectivity index (χ0v) is 16.0. The monoisotopic (exact) mass is 410 g/mol. The number of hydrogen-bond donors (Lipinski definition) is 3. The molecule has 3 aromatic heterocycles. The molecule has 4 rings (SSSR count). The Balaban J connectivity index is 1.61. The standard InChI is InChI=1S/C15H15ClN6O2S2/c1-17-26(23,24)13-5-4-11(25-13)15-18-7-9(16)14(20-15)19-12-6-10(21-22-12)8-2-3-8/h4-8,17H,2-3H2,1H3,(H2,18,19,20,21,22). The van der Waals surface area contributed by atoms with Crippen LogP contribution in [-0.4, -0.2) is 35.6 Å². The van der Waals surface area contributed by atoms with Crippen LogP contribution in [-0.2, 0) is 10.0 Å². The SMILES string of the molecule is CNS(=O)(=O)c1ccc(-c2ncc(Cl)c(Nc3cc(C4CC4)[nH]n3)n2)s1. The van der Waals surface area contributed by atoms with Gasteiger partial charge in [0.2, 0.25) is 10.0 Å².